The third kappa shape index (κ3) is 4.56. The number of carbonyl (C=O) groups excluding carboxylic acids is 1. The number of nitrogens with zero attached hydrogens (tertiary/aromatic N) is 1. The number of thioether (sulfide) groups is 1. The highest BCUT2D eigenvalue weighted by molar-refractivity contribution is 7.99. The van der Waals surface area contributed by atoms with Crippen molar-refractivity contribution in [2.75, 3.05) is 20.3 Å². The standard InChI is InChI=1S/C24H28ClNO5S/c1-13(2)31-24(28)18-10-16-14(3)32-21-12-20(30-9-5-8-29-4)19(25)11-17(21)22(16)26(23(18)27)15-6-7-15/h10-15H,5-9H2,1-4H3. The number of benzene rings is 1. The van der Waals surface area contributed by atoms with Crippen LogP contribution in [-0.2, 0) is 9.47 Å². The number of halogens is 1. The number of pyridine rings is 1. The minimum Gasteiger partial charge on any atom is -0.492 e. The van der Waals surface area contributed by atoms with E-state index in [9.17, 15) is 9.59 Å². The average molecular weight is 478 g/mol. The van der Waals surface area contributed by atoms with Crippen molar-refractivity contribution in [1.29, 1.82) is 0 Å². The third-order valence-corrected chi connectivity index (χ3v) is 7.01. The van der Waals surface area contributed by atoms with E-state index in [0.717, 1.165) is 41.0 Å². The van der Waals surface area contributed by atoms with Gasteiger partial charge in [0.05, 0.1) is 23.4 Å². The first-order valence-electron chi connectivity index (χ1n) is 10.9. The first-order valence-corrected chi connectivity index (χ1v) is 12.2. The van der Waals surface area contributed by atoms with Crippen molar-refractivity contribution in [1.82, 2.24) is 4.57 Å². The van der Waals surface area contributed by atoms with E-state index in [-0.39, 0.29) is 28.5 Å². The summed E-state index contributed by atoms with van der Waals surface area (Å²) >= 11 is 8.25. The van der Waals surface area contributed by atoms with Gasteiger partial charge in [-0.15, -0.1) is 11.8 Å². The second-order valence-electron chi connectivity index (χ2n) is 8.46. The third-order valence-electron chi connectivity index (χ3n) is 5.52. The van der Waals surface area contributed by atoms with Gasteiger partial charge < -0.3 is 18.8 Å². The molecule has 0 radical (unpaired) electrons. The Morgan fingerprint density at radius 1 is 1.25 bits per heavy atom. The number of hydrogen-bond acceptors (Lipinski definition) is 6. The maximum Gasteiger partial charge on any atom is 0.344 e. The van der Waals surface area contributed by atoms with Gasteiger partial charge in [-0.2, -0.15) is 0 Å². The number of hydrogen-bond donors (Lipinski definition) is 0. The van der Waals surface area contributed by atoms with Gasteiger partial charge >= 0.3 is 5.97 Å². The summed E-state index contributed by atoms with van der Waals surface area (Å²) in [6, 6.07) is 5.64. The summed E-state index contributed by atoms with van der Waals surface area (Å²) in [4.78, 5) is 27.1. The quantitative estimate of drug-likeness (QED) is 0.361. The summed E-state index contributed by atoms with van der Waals surface area (Å²) in [7, 11) is 1.66. The van der Waals surface area contributed by atoms with Gasteiger partial charge in [0.15, 0.2) is 0 Å². The lowest BCUT2D eigenvalue weighted by atomic mass is 9.99. The Hall–Kier alpha value is -1.96. The monoisotopic (exact) mass is 477 g/mol. The molecular weight excluding hydrogens is 450 g/mol. The van der Waals surface area contributed by atoms with Crippen LogP contribution >= 0.6 is 23.4 Å². The SMILES string of the molecule is COCCCOc1cc2c(cc1Cl)-c1c(cc(C(=O)OC(C)C)c(=O)n1C1CC1)C(C)S2. The van der Waals surface area contributed by atoms with Crippen LogP contribution in [0, 0.1) is 0 Å². The highest BCUT2D eigenvalue weighted by Gasteiger charge is 2.35. The predicted octanol–water partition coefficient (Wildman–Crippen LogP) is 5.65. The van der Waals surface area contributed by atoms with Crippen LogP contribution in [0.5, 0.6) is 5.75 Å². The number of ether oxygens (including phenoxy) is 3. The molecule has 0 amide bonds. The Bertz CT molecular complexity index is 1090. The molecule has 1 fully saturated rings. The molecule has 1 atom stereocenters. The summed E-state index contributed by atoms with van der Waals surface area (Å²) in [5.74, 6) is 0.0603. The van der Waals surface area contributed by atoms with Gasteiger partial charge in [0.2, 0.25) is 0 Å². The molecule has 1 aromatic carbocycles. The molecular formula is C24H28ClNO5S. The first-order chi connectivity index (χ1) is 15.3. The molecule has 1 unspecified atom stereocenters. The topological polar surface area (TPSA) is 66.8 Å². The number of rotatable bonds is 8. The fraction of sp³-hybridized carbons (Fsp3) is 0.500. The van der Waals surface area contributed by atoms with Crippen molar-refractivity contribution in [3.8, 4) is 17.0 Å². The van der Waals surface area contributed by atoms with Crippen LogP contribution in [-0.4, -0.2) is 37.0 Å². The maximum absolute atomic E-state index is 13.4. The Labute approximate surface area is 197 Å². The van der Waals surface area contributed by atoms with E-state index in [1.807, 2.05) is 12.1 Å². The molecule has 2 aromatic rings. The Morgan fingerprint density at radius 3 is 2.66 bits per heavy atom. The molecule has 0 N–H and O–H groups in total. The molecule has 0 bridgehead atoms. The second-order valence-corrected chi connectivity index (χ2v) is 10.2. The van der Waals surface area contributed by atoms with Crippen molar-refractivity contribution in [2.45, 2.75) is 62.3 Å². The van der Waals surface area contributed by atoms with E-state index in [1.54, 1.807) is 43.4 Å². The fourth-order valence-electron chi connectivity index (χ4n) is 3.92. The summed E-state index contributed by atoms with van der Waals surface area (Å²) in [6.45, 7) is 6.77. The lowest BCUT2D eigenvalue weighted by Crippen LogP contribution is -2.31. The molecule has 0 saturated heterocycles. The fourth-order valence-corrected chi connectivity index (χ4v) is 5.29. The predicted molar refractivity (Wildman–Crippen MR) is 126 cm³/mol. The van der Waals surface area contributed by atoms with E-state index in [4.69, 9.17) is 25.8 Å². The molecule has 32 heavy (non-hydrogen) atoms. The highest BCUT2D eigenvalue weighted by atomic mass is 35.5. The van der Waals surface area contributed by atoms with Crippen LogP contribution in [0.25, 0.3) is 11.3 Å². The molecule has 4 rings (SSSR count). The molecule has 2 aliphatic rings. The van der Waals surface area contributed by atoms with Crippen molar-refractivity contribution >= 4 is 29.3 Å². The molecule has 1 saturated carbocycles. The molecule has 1 aliphatic carbocycles. The van der Waals surface area contributed by atoms with E-state index < -0.39 is 5.97 Å². The lowest BCUT2D eigenvalue weighted by Gasteiger charge is -2.29. The van der Waals surface area contributed by atoms with Gasteiger partial charge in [-0.3, -0.25) is 4.79 Å². The Morgan fingerprint density at radius 2 is 2.00 bits per heavy atom. The van der Waals surface area contributed by atoms with Gasteiger partial charge in [-0.25, -0.2) is 4.79 Å². The van der Waals surface area contributed by atoms with Gasteiger partial charge in [0.25, 0.3) is 5.56 Å². The second kappa shape index (κ2) is 9.49. The van der Waals surface area contributed by atoms with Gasteiger partial charge in [0.1, 0.15) is 11.3 Å². The van der Waals surface area contributed by atoms with E-state index in [1.165, 1.54) is 0 Å². The first kappa shape index (κ1) is 23.2. The minimum absolute atomic E-state index is 0.0521. The Kier molecular flexibility index (Phi) is 6.89. The van der Waals surface area contributed by atoms with Gasteiger partial charge in [0, 0.05) is 41.9 Å². The number of carbonyl (C=O) groups is 1. The highest BCUT2D eigenvalue weighted by Crippen LogP contribution is 2.52. The van der Waals surface area contributed by atoms with Crippen LogP contribution in [0.4, 0.5) is 0 Å². The zero-order chi connectivity index (χ0) is 23.0. The number of methoxy groups -OCH3 is 1. The van der Waals surface area contributed by atoms with Crippen molar-refractivity contribution in [2.24, 2.45) is 0 Å². The summed E-state index contributed by atoms with van der Waals surface area (Å²) < 4.78 is 18.1. The van der Waals surface area contributed by atoms with Crippen LogP contribution in [0.3, 0.4) is 0 Å². The maximum atomic E-state index is 13.4. The molecule has 8 heteroatoms. The van der Waals surface area contributed by atoms with Gasteiger partial charge in [-0.05, 0) is 57.4 Å². The van der Waals surface area contributed by atoms with Crippen molar-refractivity contribution in [3.63, 3.8) is 0 Å². The largest absolute Gasteiger partial charge is 0.492 e. The number of esters is 1. The summed E-state index contributed by atoms with van der Waals surface area (Å²) in [5, 5.41) is 0.552. The average Bonchev–Trinajstić information content (AvgIpc) is 3.56. The van der Waals surface area contributed by atoms with Crippen LogP contribution < -0.4 is 10.3 Å². The van der Waals surface area contributed by atoms with E-state index in [2.05, 4.69) is 6.92 Å². The molecule has 2 heterocycles. The van der Waals surface area contributed by atoms with Crippen LogP contribution in [0.2, 0.25) is 5.02 Å². The van der Waals surface area contributed by atoms with E-state index >= 15 is 0 Å². The summed E-state index contributed by atoms with van der Waals surface area (Å²) in [6.07, 6.45) is 2.31. The zero-order valence-corrected chi connectivity index (χ0v) is 20.3. The molecule has 0 spiro atoms. The Balaban J connectivity index is 1.80. The molecule has 1 aromatic heterocycles. The number of aromatic nitrogens is 1. The minimum atomic E-state index is -0.567. The van der Waals surface area contributed by atoms with Gasteiger partial charge in [-0.1, -0.05) is 11.6 Å². The smallest absolute Gasteiger partial charge is 0.344 e. The molecule has 6 nitrogen and oxygen atoms in total. The van der Waals surface area contributed by atoms with Crippen molar-refractivity contribution < 1.29 is 19.0 Å². The zero-order valence-electron chi connectivity index (χ0n) is 18.8. The van der Waals surface area contributed by atoms with Crippen LogP contribution in [0.1, 0.15) is 67.2 Å². The number of fused-ring (bicyclic) bond motifs is 3. The lowest BCUT2D eigenvalue weighted by molar-refractivity contribution is 0.0375. The van der Waals surface area contributed by atoms with Crippen LogP contribution in [0.15, 0.2) is 27.9 Å². The summed E-state index contributed by atoms with van der Waals surface area (Å²) in [5.41, 5.74) is 2.52. The molecule has 172 valence electrons. The van der Waals surface area contributed by atoms with E-state index in [0.29, 0.717) is 24.0 Å². The molecule has 1 aliphatic heterocycles. The van der Waals surface area contributed by atoms with Crippen molar-refractivity contribution in [3.05, 3.63) is 44.7 Å². The normalized spacial score (nSPS) is 17.1.